The van der Waals surface area contributed by atoms with Crippen molar-refractivity contribution in [1.29, 1.82) is 0 Å². The van der Waals surface area contributed by atoms with Crippen molar-refractivity contribution in [3.05, 3.63) is 57.4 Å². The van der Waals surface area contributed by atoms with Gasteiger partial charge in [-0.05, 0) is 18.2 Å². The molecule has 7 nitrogen and oxygen atoms in total. The van der Waals surface area contributed by atoms with E-state index in [0.29, 0.717) is 29.0 Å². The third kappa shape index (κ3) is 2.76. The van der Waals surface area contributed by atoms with Gasteiger partial charge in [-0.2, -0.15) is 0 Å². The second-order valence-electron chi connectivity index (χ2n) is 4.38. The van der Waals surface area contributed by atoms with Gasteiger partial charge in [0.1, 0.15) is 0 Å². The molecule has 0 aliphatic carbocycles. The number of hydrogen-bond donors (Lipinski definition) is 2. The molecule has 0 fully saturated rings. The van der Waals surface area contributed by atoms with E-state index in [0.717, 1.165) is 4.47 Å². The molecular formula is C13H11BrN6O. The van der Waals surface area contributed by atoms with Gasteiger partial charge in [-0.25, -0.2) is 15.8 Å². The first-order valence-electron chi connectivity index (χ1n) is 6.09. The quantitative estimate of drug-likeness (QED) is 0.547. The van der Waals surface area contributed by atoms with Gasteiger partial charge < -0.3 is 5.43 Å². The number of hydrogen-bond acceptors (Lipinski definition) is 6. The summed E-state index contributed by atoms with van der Waals surface area (Å²) in [6.07, 6.45) is 4.58. The number of nitrogen functional groups attached to an aromatic ring is 1. The Labute approximate surface area is 128 Å². The van der Waals surface area contributed by atoms with Gasteiger partial charge in [0.15, 0.2) is 5.82 Å². The fraction of sp³-hybridized carbons (Fsp3) is 0.0769. The Morgan fingerprint density at radius 1 is 1.24 bits per heavy atom. The molecule has 0 saturated carbocycles. The van der Waals surface area contributed by atoms with E-state index < -0.39 is 0 Å². The predicted molar refractivity (Wildman–Crippen MR) is 82.6 cm³/mol. The molecule has 2 heterocycles. The van der Waals surface area contributed by atoms with Crippen LogP contribution in [0.25, 0.3) is 10.9 Å². The van der Waals surface area contributed by atoms with Crippen LogP contribution in [0, 0.1) is 0 Å². The minimum absolute atomic E-state index is 0.121. The first-order chi connectivity index (χ1) is 10.2. The second kappa shape index (κ2) is 5.58. The fourth-order valence-electron chi connectivity index (χ4n) is 1.93. The van der Waals surface area contributed by atoms with Crippen LogP contribution in [0.1, 0.15) is 5.69 Å². The van der Waals surface area contributed by atoms with E-state index in [1.54, 1.807) is 18.3 Å². The summed E-state index contributed by atoms with van der Waals surface area (Å²) >= 11 is 3.36. The van der Waals surface area contributed by atoms with Crippen LogP contribution in [0.15, 0.2) is 46.2 Å². The average molecular weight is 347 g/mol. The Morgan fingerprint density at radius 2 is 2.10 bits per heavy atom. The first-order valence-corrected chi connectivity index (χ1v) is 6.89. The zero-order chi connectivity index (χ0) is 14.8. The molecular weight excluding hydrogens is 336 g/mol. The van der Waals surface area contributed by atoms with Crippen LogP contribution >= 0.6 is 15.9 Å². The van der Waals surface area contributed by atoms with E-state index >= 15 is 0 Å². The Balaban J connectivity index is 2.00. The van der Waals surface area contributed by atoms with Crippen LogP contribution in [-0.4, -0.2) is 19.5 Å². The topological polar surface area (TPSA) is 98.7 Å². The number of rotatable bonds is 3. The summed E-state index contributed by atoms with van der Waals surface area (Å²) in [6.45, 7) is 0.298. The van der Waals surface area contributed by atoms with Crippen molar-refractivity contribution >= 4 is 32.7 Å². The lowest BCUT2D eigenvalue weighted by atomic mass is 10.2. The molecule has 106 valence electrons. The van der Waals surface area contributed by atoms with E-state index in [1.807, 2.05) is 6.07 Å². The number of nitrogens with two attached hydrogens (primary N) is 1. The highest BCUT2D eigenvalue weighted by Gasteiger charge is 2.06. The number of aromatic nitrogens is 4. The van der Waals surface area contributed by atoms with Gasteiger partial charge in [0.2, 0.25) is 0 Å². The fourth-order valence-corrected chi connectivity index (χ4v) is 2.29. The Bertz CT molecular complexity index is 845. The van der Waals surface area contributed by atoms with E-state index in [1.165, 1.54) is 17.1 Å². The molecule has 3 rings (SSSR count). The molecule has 0 radical (unpaired) electrons. The molecule has 0 bridgehead atoms. The molecule has 0 unspecified atom stereocenters. The highest BCUT2D eigenvalue weighted by atomic mass is 79.9. The van der Waals surface area contributed by atoms with Gasteiger partial charge in [0, 0.05) is 4.47 Å². The van der Waals surface area contributed by atoms with Crippen molar-refractivity contribution in [3.63, 3.8) is 0 Å². The number of anilines is 1. The Kier molecular flexibility index (Phi) is 3.63. The maximum Gasteiger partial charge on any atom is 0.261 e. The van der Waals surface area contributed by atoms with Crippen molar-refractivity contribution < 1.29 is 0 Å². The summed E-state index contributed by atoms with van der Waals surface area (Å²) in [7, 11) is 0. The lowest BCUT2D eigenvalue weighted by molar-refractivity contribution is 0.725. The first kappa shape index (κ1) is 13.7. The molecule has 0 amide bonds. The molecule has 1 aromatic carbocycles. The molecule has 0 spiro atoms. The summed E-state index contributed by atoms with van der Waals surface area (Å²) in [5.74, 6) is 5.70. The SMILES string of the molecule is NNc1cnc(Cn2cnc3ccc(Br)cc3c2=O)cn1. The van der Waals surface area contributed by atoms with Crippen molar-refractivity contribution in [2.24, 2.45) is 5.84 Å². The number of fused-ring (bicyclic) bond motifs is 1. The third-order valence-corrected chi connectivity index (χ3v) is 3.46. The maximum absolute atomic E-state index is 12.4. The molecule has 3 N–H and O–H groups in total. The van der Waals surface area contributed by atoms with Gasteiger partial charge in [-0.1, -0.05) is 15.9 Å². The van der Waals surface area contributed by atoms with Crippen molar-refractivity contribution in [3.8, 4) is 0 Å². The largest absolute Gasteiger partial charge is 0.307 e. The van der Waals surface area contributed by atoms with Crippen molar-refractivity contribution in [2.45, 2.75) is 6.54 Å². The van der Waals surface area contributed by atoms with Crippen molar-refractivity contribution in [1.82, 2.24) is 19.5 Å². The van der Waals surface area contributed by atoms with E-state index in [-0.39, 0.29) is 5.56 Å². The summed E-state index contributed by atoms with van der Waals surface area (Å²) in [5.41, 5.74) is 3.58. The number of hydrazine groups is 1. The smallest absolute Gasteiger partial charge is 0.261 e. The van der Waals surface area contributed by atoms with Crippen LogP contribution in [0.5, 0.6) is 0 Å². The maximum atomic E-state index is 12.4. The molecule has 8 heteroatoms. The molecule has 0 saturated heterocycles. The minimum Gasteiger partial charge on any atom is -0.307 e. The normalized spacial score (nSPS) is 10.8. The van der Waals surface area contributed by atoms with Crippen LogP contribution in [0.2, 0.25) is 0 Å². The number of nitrogens with one attached hydrogen (secondary N) is 1. The lowest BCUT2D eigenvalue weighted by Gasteiger charge is -2.06. The summed E-state index contributed by atoms with van der Waals surface area (Å²) < 4.78 is 2.33. The van der Waals surface area contributed by atoms with Gasteiger partial charge in [-0.15, -0.1) is 0 Å². The zero-order valence-corrected chi connectivity index (χ0v) is 12.4. The molecule has 2 aromatic heterocycles. The van der Waals surface area contributed by atoms with Gasteiger partial charge in [0.25, 0.3) is 5.56 Å². The highest BCUT2D eigenvalue weighted by molar-refractivity contribution is 9.10. The summed E-state index contributed by atoms with van der Waals surface area (Å²) in [5, 5.41) is 0.556. The molecule has 3 aromatic rings. The molecule has 0 aliphatic rings. The monoisotopic (exact) mass is 346 g/mol. The van der Waals surface area contributed by atoms with Crippen LogP contribution in [0.3, 0.4) is 0 Å². The van der Waals surface area contributed by atoms with Gasteiger partial charge in [0.05, 0.1) is 41.9 Å². The van der Waals surface area contributed by atoms with E-state index in [2.05, 4.69) is 36.3 Å². The van der Waals surface area contributed by atoms with Crippen molar-refractivity contribution in [2.75, 3.05) is 5.43 Å². The standard InChI is InChI=1S/C13H11BrN6O/c14-8-1-2-11-10(3-8)13(21)20(7-18-11)6-9-4-17-12(19-15)5-16-9/h1-5,7H,6,15H2,(H,17,19). The second-order valence-corrected chi connectivity index (χ2v) is 5.29. The third-order valence-electron chi connectivity index (χ3n) is 2.97. The minimum atomic E-state index is -0.121. The Hall–Kier alpha value is -2.32. The number of nitrogens with zero attached hydrogens (tertiary/aromatic N) is 4. The van der Waals surface area contributed by atoms with Crippen LogP contribution in [-0.2, 0) is 6.54 Å². The molecule has 21 heavy (non-hydrogen) atoms. The lowest BCUT2D eigenvalue weighted by Crippen LogP contribution is -2.21. The highest BCUT2D eigenvalue weighted by Crippen LogP contribution is 2.15. The number of halogens is 1. The molecule has 0 aliphatic heterocycles. The zero-order valence-electron chi connectivity index (χ0n) is 10.8. The van der Waals surface area contributed by atoms with Crippen LogP contribution in [0.4, 0.5) is 5.82 Å². The summed E-state index contributed by atoms with van der Waals surface area (Å²) in [4.78, 5) is 24.9. The van der Waals surface area contributed by atoms with Gasteiger partial charge >= 0.3 is 0 Å². The predicted octanol–water partition coefficient (Wildman–Crippen LogP) is 1.28. The van der Waals surface area contributed by atoms with Crippen LogP contribution < -0.4 is 16.8 Å². The molecule has 0 atom stereocenters. The number of benzene rings is 1. The Morgan fingerprint density at radius 3 is 2.81 bits per heavy atom. The van der Waals surface area contributed by atoms with E-state index in [9.17, 15) is 4.79 Å². The average Bonchev–Trinajstić information content (AvgIpc) is 2.51. The van der Waals surface area contributed by atoms with E-state index in [4.69, 9.17) is 5.84 Å². The van der Waals surface area contributed by atoms with Gasteiger partial charge in [-0.3, -0.25) is 14.3 Å². The summed E-state index contributed by atoms with van der Waals surface area (Å²) in [6, 6.07) is 5.41.